The molecule has 0 unspecified atom stereocenters. The average Bonchev–Trinajstić information content (AvgIpc) is 2.73. The number of rotatable bonds is 11. The largest absolute Gasteiger partial charge is 0.496 e. The van der Waals surface area contributed by atoms with E-state index in [1.807, 2.05) is 13.0 Å². The minimum absolute atomic E-state index is 0.0889. The lowest BCUT2D eigenvalue weighted by Crippen LogP contribution is -2.23. The summed E-state index contributed by atoms with van der Waals surface area (Å²) in [5, 5.41) is 12.9. The van der Waals surface area contributed by atoms with Crippen LogP contribution in [0, 0.1) is 6.92 Å². The van der Waals surface area contributed by atoms with Crippen LogP contribution in [0.3, 0.4) is 0 Å². The van der Waals surface area contributed by atoms with Gasteiger partial charge in [0.1, 0.15) is 11.6 Å². The van der Waals surface area contributed by atoms with Crippen molar-refractivity contribution in [1.82, 2.24) is 9.97 Å². The smallest absolute Gasteiger partial charge is 0.337 e. The number of carbonyl (C=O) groups is 1. The molecule has 0 aliphatic rings. The van der Waals surface area contributed by atoms with Gasteiger partial charge in [-0.3, -0.25) is 0 Å². The van der Waals surface area contributed by atoms with Crippen LogP contribution in [0.1, 0.15) is 59.8 Å². The zero-order valence-electron chi connectivity index (χ0n) is 18.2. The van der Waals surface area contributed by atoms with Crippen LogP contribution in [-0.2, 0) is 11.2 Å². The van der Waals surface area contributed by atoms with Gasteiger partial charge in [-0.25, -0.2) is 9.78 Å². The maximum atomic E-state index is 11.8. The number of aryl methyl sites for hydroxylation is 1. The standard InChI is InChI=1S/C22H32N4O4/c1-5-6-7-17(10-11-27)25-20-18(14(2)24-22(23)26-20)12-15-8-9-16(21(28)30-4)13-19(15)29-3/h8-9,13,17,27H,5-7,10-12H2,1-4H3,(H3,23,24,25,26)/t17-/m0/s1. The van der Waals surface area contributed by atoms with Crippen LogP contribution in [0.2, 0.25) is 0 Å². The van der Waals surface area contributed by atoms with Crippen molar-refractivity contribution in [2.24, 2.45) is 0 Å². The minimum Gasteiger partial charge on any atom is -0.496 e. The maximum absolute atomic E-state index is 11.8. The van der Waals surface area contributed by atoms with Gasteiger partial charge < -0.3 is 25.6 Å². The summed E-state index contributed by atoms with van der Waals surface area (Å²) < 4.78 is 10.3. The van der Waals surface area contributed by atoms with Crippen LogP contribution in [0.15, 0.2) is 18.2 Å². The number of hydrogen-bond donors (Lipinski definition) is 3. The molecule has 0 spiro atoms. The van der Waals surface area contributed by atoms with E-state index in [-0.39, 0.29) is 18.6 Å². The molecule has 1 aromatic heterocycles. The monoisotopic (exact) mass is 416 g/mol. The highest BCUT2D eigenvalue weighted by Gasteiger charge is 2.18. The number of methoxy groups -OCH3 is 2. The fraction of sp³-hybridized carbons (Fsp3) is 0.500. The van der Waals surface area contributed by atoms with Crippen molar-refractivity contribution in [2.45, 2.75) is 52.0 Å². The number of esters is 1. The zero-order chi connectivity index (χ0) is 22.1. The molecule has 0 saturated carbocycles. The highest BCUT2D eigenvalue weighted by molar-refractivity contribution is 5.90. The summed E-state index contributed by atoms with van der Waals surface area (Å²) in [4.78, 5) is 20.6. The molecule has 30 heavy (non-hydrogen) atoms. The van der Waals surface area contributed by atoms with Gasteiger partial charge in [-0.2, -0.15) is 4.98 Å². The molecule has 2 rings (SSSR count). The number of carbonyl (C=O) groups excluding carboxylic acids is 1. The van der Waals surface area contributed by atoms with E-state index in [1.165, 1.54) is 7.11 Å². The average molecular weight is 417 g/mol. The Morgan fingerprint density at radius 1 is 1.27 bits per heavy atom. The lowest BCUT2D eigenvalue weighted by Gasteiger charge is -2.22. The first-order valence-corrected chi connectivity index (χ1v) is 10.2. The van der Waals surface area contributed by atoms with Gasteiger partial charge in [0.2, 0.25) is 5.95 Å². The first-order valence-electron chi connectivity index (χ1n) is 10.2. The topological polar surface area (TPSA) is 120 Å². The first-order chi connectivity index (χ1) is 14.4. The number of unbranched alkanes of at least 4 members (excludes halogenated alkanes) is 1. The number of hydrogen-bond acceptors (Lipinski definition) is 8. The number of anilines is 2. The van der Waals surface area contributed by atoms with E-state index in [2.05, 4.69) is 22.2 Å². The Morgan fingerprint density at radius 3 is 2.67 bits per heavy atom. The van der Waals surface area contributed by atoms with Crippen LogP contribution < -0.4 is 15.8 Å². The van der Waals surface area contributed by atoms with Gasteiger partial charge in [0, 0.05) is 30.3 Å². The van der Waals surface area contributed by atoms with Crippen LogP contribution >= 0.6 is 0 Å². The second-order valence-corrected chi connectivity index (χ2v) is 7.19. The van der Waals surface area contributed by atoms with Crippen molar-refractivity contribution >= 4 is 17.7 Å². The second kappa shape index (κ2) is 11.3. The van der Waals surface area contributed by atoms with Crippen molar-refractivity contribution in [1.29, 1.82) is 0 Å². The predicted molar refractivity (Wildman–Crippen MR) is 117 cm³/mol. The molecule has 8 nitrogen and oxygen atoms in total. The Kier molecular flexibility index (Phi) is 8.86. The number of nitrogens with zero attached hydrogens (tertiary/aromatic N) is 2. The van der Waals surface area contributed by atoms with E-state index in [0.29, 0.717) is 30.0 Å². The van der Waals surface area contributed by atoms with Crippen molar-refractivity contribution in [3.05, 3.63) is 40.6 Å². The molecule has 164 valence electrons. The number of aliphatic hydroxyl groups is 1. The van der Waals surface area contributed by atoms with Gasteiger partial charge in [-0.15, -0.1) is 0 Å². The molecule has 0 radical (unpaired) electrons. The van der Waals surface area contributed by atoms with E-state index in [1.54, 1.807) is 19.2 Å². The fourth-order valence-corrected chi connectivity index (χ4v) is 3.36. The van der Waals surface area contributed by atoms with Crippen LogP contribution in [0.5, 0.6) is 5.75 Å². The normalized spacial score (nSPS) is 11.8. The molecule has 0 saturated heterocycles. The molecule has 2 aromatic rings. The summed E-state index contributed by atoms with van der Waals surface area (Å²) in [6.07, 6.45) is 4.18. The third-order valence-corrected chi connectivity index (χ3v) is 5.03. The van der Waals surface area contributed by atoms with Crippen molar-refractivity contribution in [2.75, 3.05) is 31.9 Å². The molecule has 4 N–H and O–H groups in total. The number of nitrogen functional groups attached to an aromatic ring is 1. The maximum Gasteiger partial charge on any atom is 0.337 e. The quantitative estimate of drug-likeness (QED) is 0.478. The fourth-order valence-electron chi connectivity index (χ4n) is 3.36. The Bertz CT molecular complexity index is 857. The van der Waals surface area contributed by atoms with E-state index in [0.717, 1.165) is 36.1 Å². The van der Waals surface area contributed by atoms with Gasteiger partial charge in [0.05, 0.1) is 19.8 Å². The Morgan fingerprint density at radius 2 is 2.03 bits per heavy atom. The Balaban J connectivity index is 2.38. The summed E-state index contributed by atoms with van der Waals surface area (Å²) in [5.74, 6) is 1.02. The lowest BCUT2D eigenvalue weighted by atomic mass is 10.0. The highest BCUT2D eigenvalue weighted by Crippen LogP contribution is 2.28. The number of ether oxygens (including phenoxy) is 2. The van der Waals surface area contributed by atoms with Gasteiger partial charge in [-0.1, -0.05) is 25.8 Å². The molecule has 1 atom stereocenters. The number of benzene rings is 1. The van der Waals surface area contributed by atoms with E-state index >= 15 is 0 Å². The second-order valence-electron chi connectivity index (χ2n) is 7.19. The summed E-state index contributed by atoms with van der Waals surface area (Å²) in [5.41, 5.74) is 8.88. The van der Waals surface area contributed by atoms with E-state index in [9.17, 15) is 9.90 Å². The lowest BCUT2D eigenvalue weighted by molar-refractivity contribution is 0.0600. The molecule has 8 heteroatoms. The summed E-state index contributed by atoms with van der Waals surface area (Å²) in [6.45, 7) is 4.12. The molecule has 1 heterocycles. The Labute approximate surface area is 177 Å². The SMILES string of the molecule is CCCC[C@@H](CCO)Nc1nc(N)nc(C)c1Cc1ccc(C(=O)OC)cc1OC. The molecule has 0 fully saturated rings. The first kappa shape index (κ1) is 23.4. The molecule has 0 amide bonds. The van der Waals surface area contributed by atoms with Crippen LogP contribution in [0.4, 0.5) is 11.8 Å². The highest BCUT2D eigenvalue weighted by atomic mass is 16.5. The number of nitrogens with two attached hydrogens (primary N) is 1. The number of nitrogens with one attached hydrogen (secondary N) is 1. The summed E-state index contributed by atoms with van der Waals surface area (Å²) >= 11 is 0. The number of aliphatic hydroxyl groups excluding tert-OH is 1. The summed E-state index contributed by atoms with van der Waals surface area (Å²) in [6, 6.07) is 5.30. The molecular formula is C22H32N4O4. The molecule has 0 aliphatic carbocycles. The van der Waals surface area contributed by atoms with Gasteiger partial charge >= 0.3 is 5.97 Å². The van der Waals surface area contributed by atoms with Crippen LogP contribution in [0.25, 0.3) is 0 Å². The minimum atomic E-state index is -0.419. The van der Waals surface area contributed by atoms with E-state index < -0.39 is 5.97 Å². The van der Waals surface area contributed by atoms with Crippen molar-refractivity contribution < 1.29 is 19.4 Å². The van der Waals surface area contributed by atoms with E-state index in [4.69, 9.17) is 15.2 Å². The summed E-state index contributed by atoms with van der Waals surface area (Å²) in [7, 11) is 2.91. The molecular weight excluding hydrogens is 384 g/mol. The third-order valence-electron chi connectivity index (χ3n) is 5.03. The Hall–Kier alpha value is -2.87. The third kappa shape index (κ3) is 6.06. The number of aromatic nitrogens is 2. The van der Waals surface area contributed by atoms with Crippen LogP contribution in [-0.4, -0.2) is 47.9 Å². The van der Waals surface area contributed by atoms with Gasteiger partial charge in [0.25, 0.3) is 0 Å². The predicted octanol–water partition coefficient (Wildman–Crippen LogP) is 3.11. The zero-order valence-corrected chi connectivity index (χ0v) is 18.2. The van der Waals surface area contributed by atoms with Crippen molar-refractivity contribution in [3.8, 4) is 5.75 Å². The molecule has 0 bridgehead atoms. The van der Waals surface area contributed by atoms with Crippen molar-refractivity contribution in [3.63, 3.8) is 0 Å². The van der Waals surface area contributed by atoms with Gasteiger partial charge in [-0.05, 0) is 37.5 Å². The molecule has 1 aromatic carbocycles. The van der Waals surface area contributed by atoms with Gasteiger partial charge in [0.15, 0.2) is 0 Å². The molecule has 0 aliphatic heterocycles.